The van der Waals surface area contributed by atoms with Crippen LogP contribution in [0, 0.1) is 0 Å². The molecular formula is C18H23Cl2N5OS. The quantitative estimate of drug-likeness (QED) is 0.487. The average Bonchev–Trinajstić information content (AvgIpc) is 3.29. The molecule has 0 radical (unpaired) electrons. The Hall–Kier alpha value is -1.54. The number of hydrogen-bond donors (Lipinski definition) is 3. The van der Waals surface area contributed by atoms with Crippen molar-refractivity contribution < 1.29 is 5.11 Å². The van der Waals surface area contributed by atoms with Gasteiger partial charge in [-0.25, -0.2) is 4.98 Å². The van der Waals surface area contributed by atoms with Crippen LogP contribution in [0.3, 0.4) is 0 Å². The summed E-state index contributed by atoms with van der Waals surface area (Å²) in [6.07, 6.45) is 2.05. The largest absolute Gasteiger partial charge is 0.386 e. The van der Waals surface area contributed by atoms with Crippen LogP contribution in [0.5, 0.6) is 0 Å². The van der Waals surface area contributed by atoms with E-state index in [9.17, 15) is 5.11 Å². The van der Waals surface area contributed by atoms with Crippen LogP contribution in [0.2, 0.25) is 9.36 Å². The van der Waals surface area contributed by atoms with Crippen molar-refractivity contribution in [1.29, 1.82) is 0 Å². The van der Waals surface area contributed by atoms with Crippen LogP contribution >= 0.6 is 34.5 Å². The number of aliphatic hydroxyl groups is 1. The Balaban J connectivity index is 1.58. The van der Waals surface area contributed by atoms with E-state index in [-0.39, 0.29) is 12.6 Å². The topological polar surface area (TPSA) is 72.8 Å². The van der Waals surface area contributed by atoms with Gasteiger partial charge in [0, 0.05) is 36.8 Å². The first kappa shape index (κ1) is 20.2. The van der Waals surface area contributed by atoms with Gasteiger partial charge in [-0.1, -0.05) is 23.2 Å². The smallest absolute Gasteiger partial charge is 0.191 e. The summed E-state index contributed by atoms with van der Waals surface area (Å²) in [6.45, 7) is 4.71. The summed E-state index contributed by atoms with van der Waals surface area (Å²) in [4.78, 5) is 11.9. The van der Waals surface area contributed by atoms with Crippen molar-refractivity contribution in [2.75, 3.05) is 31.1 Å². The molecule has 2 unspecified atom stereocenters. The number of pyridine rings is 1. The number of hydrogen-bond acceptors (Lipinski definition) is 5. The molecule has 3 heterocycles. The molecule has 146 valence electrons. The number of aliphatic hydroxyl groups excluding tert-OH is 1. The van der Waals surface area contributed by atoms with E-state index < -0.39 is 6.10 Å². The lowest BCUT2D eigenvalue weighted by atomic mass is 10.2. The molecule has 0 spiro atoms. The molecule has 0 saturated carbocycles. The highest BCUT2D eigenvalue weighted by Crippen LogP contribution is 2.27. The third-order valence-electron chi connectivity index (χ3n) is 4.26. The van der Waals surface area contributed by atoms with E-state index in [1.54, 1.807) is 12.3 Å². The molecule has 1 aliphatic heterocycles. The number of thiophene rings is 1. The zero-order valence-corrected chi connectivity index (χ0v) is 17.4. The van der Waals surface area contributed by atoms with Gasteiger partial charge >= 0.3 is 0 Å². The SMILES string of the molecule is CCNC(=NCC(O)c1ccc(Cl)s1)NC1CCN(c2ncccc2Cl)C1. The fraction of sp³-hybridized carbons (Fsp3) is 0.444. The molecule has 1 fully saturated rings. The molecule has 0 aliphatic carbocycles. The minimum Gasteiger partial charge on any atom is -0.386 e. The predicted molar refractivity (Wildman–Crippen MR) is 113 cm³/mol. The first-order chi connectivity index (χ1) is 13.1. The van der Waals surface area contributed by atoms with Crippen molar-refractivity contribution in [3.05, 3.63) is 44.7 Å². The van der Waals surface area contributed by atoms with Crippen LogP contribution in [-0.4, -0.2) is 48.3 Å². The first-order valence-corrected chi connectivity index (χ1v) is 10.5. The van der Waals surface area contributed by atoms with Gasteiger partial charge in [0.25, 0.3) is 0 Å². The Morgan fingerprint density at radius 1 is 1.44 bits per heavy atom. The number of halogens is 2. The Morgan fingerprint density at radius 3 is 3.00 bits per heavy atom. The van der Waals surface area contributed by atoms with Crippen LogP contribution in [0.25, 0.3) is 0 Å². The number of anilines is 1. The van der Waals surface area contributed by atoms with Crippen molar-refractivity contribution in [3.63, 3.8) is 0 Å². The van der Waals surface area contributed by atoms with Crippen molar-refractivity contribution in [2.45, 2.75) is 25.5 Å². The lowest BCUT2D eigenvalue weighted by molar-refractivity contribution is 0.191. The molecule has 6 nitrogen and oxygen atoms in total. The average molecular weight is 428 g/mol. The molecule has 9 heteroatoms. The molecule has 27 heavy (non-hydrogen) atoms. The molecule has 3 N–H and O–H groups in total. The molecule has 2 aromatic rings. The van der Waals surface area contributed by atoms with E-state index in [1.165, 1.54) is 11.3 Å². The maximum atomic E-state index is 10.3. The molecule has 0 aromatic carbocycles. The molecule has 0 amide bonds. The van der Waals surface area contributed by atoms with Crippen molar-refractivity contribution in [3.8, 4) is 0 Å². The number of aliphatic imine (C=N–C) groups is 1. The summed E-state index contributed by atoms with van der Waals surface area (Å²) >= 11 is 13.6. The monoisotopic (exact) mass is 427 g/mol. The van der Waals surface area contributed by atoms with E-state index >= 15 is 0 Å². The van der Waals surface area contributed by atoms with Gasteiger partial charge < -0.3 is 20.6 Å². The Morgan fingerprint density at radius 2 is 2.30 bits per heavy atom. The second-order valence-corrected chi connectivity index (χ2v) is 8.42. The molecule has 2 aromatic heterocycles. The second kappa shape index (κ2) is 9.59. The Labute approximate surface area is 173 Å². The van der Waals surface area contributed by atoms with Crippen LogP contribution in [-0.2, 0) is 0 Å². The third kappa shape index (κ3) is 5.48. The Kier molecular flexibility index (Phi) is 7.18. The molecule has 3 rings (SSSR count). The zero-order valence-electron chi connectivity index (χ0n) is 15.0. The van der Waals surface area contributed by atoms with E-state index in [0.29, 0.717) is 15.3 Å². The lowest BCUT2D eigenvalue weighted by Crippen LogP contribution is -2.44. The minimum absolute atomic E-state index is 0.231. The van der Waals surface area contributed by atoms with Gasteiger partial charge in [-0.3, -0.25) is 4.99 Å². The summed E-state index contributed by atoms with van der Waals surface area (Å²) in [5.41, 5.74) is 0. The van der Waals surface area contributed by atoms with Gasteiger partial charge in [0.2, 0.25) is 0 Å². The van der Waals surface area contributed by atoms with Crippen molar-refractivity contribution in [2.24, 2.45) is 4.99 Å². The van der Waals surface area contributed by atoms with E-state index in [2.05, 4.69) is 25.5 Å². The van der Waals surface area contributed by atoms with Gasteiger partial charge in [0.15, 0.2) is 5.96 Å². The maximum absolute atomic E-state index is 10.3. The first-order valence-electron chi connectivity index (χ1n) is 8.90. The van der Waals surface area contributed by atoms with Gasteiger partial charge in [0.05, 0.1) is 15.9 Å². The third-order valence-corrected chi connectivity index (χ3v) is 5.88. The summed E-state index contributed by atoms with van der Waals surface area (Å²) in [5.74, 6) is 1.51. The lowest BCUT2D eigenvalue weighted by Gasteiger charge is -2.20. The number of rotatable bonds is 6. The highest BCUT2D eigenvalue weighted by atomic mass is 35.5. The summed E-state index contributed by atoms with van der Waals surface area (Å²) in [7, 11) is 0. The normalized spacial score (nSPS) is 18.6. The number of nitrogens with one attached hydrogen (secondary N) is 2. The highest BCUT2D eigenvalue weighted by molar-refractivity contribution is 7.16. The van der Waals surface area contributed by atoms with E-state index in [0.717, 1.165) is 36.8 Å². The molecule has 1 saturated heterocycles. The van der Waals surface area contributed by atoms with Gasteiger partial charge in [-0.05, 0) is 37.6 Å². The number of guanidine groups is 1. The van der Waals surface area contributed by atoms with Crippen LogP contribution in [0.4, 0.5) is 5.82 Å². The van der Waals surface area contributed by atoms with Gasteiger partial charge in [-0.2, -0.15) is 0 Å². The fourth-order valence-corrected chi connectivity index (χ4v) is 4.25. The minimum atomic E-state index is -0.662. The molecule has 2 atom stereocenters. The van der Waals surface area contributed by atoms with E-state index in [4.69, 9.17) is 23.2 Å². The predicted octanol–water partition coefficient (Wildman–Crippen LogP) is 3.32. The zero-order chi connectivity index (χ0) is 19.2. The number of nitrogens with zero attached hydrogens (tertiary/aromatic N) is 3. The summed E-state index contributed by atoms with van der Waals surface area (Å²) in [5, 5.41) is 17.6. The molecule has 0 bridgehead atoms. The Bertz CT molecular complexity index is 785. The van der Waals surface area contributed by atoms with Crippen molar-refractivity contribution >= 4 is 46.3 Å². The standard InChI is InChI=1S/C18H23Cl2N5OS/c1-2-21-18(23-10-14(26)15-5-6-16(20)27-15)24-12-7-9-25(11-12)17-13(19)4-3-8-22-17/h3-6,8,12,14,26H,2,7,9-11H2,1H3,(H2,21,23,24). The van der Waals surface area contributed by atoms with Gasteiger partial charge in [0.1, 0.15) is 11.9 Å². The summed E-state index contributed by atoms with van der Waals surface area (Å²) < 4.78 is 0.664. The second-order valence-electron chi connectivity index (χ2n) is 6.26. The van der Waals surface area contributed by atoms with Crippen LogP contribution < -0.4 is 15.5 Å². The van der Waals surface area contributed by atoms with Crippen molar-refractivity contribution in [1.82, 2.24) is 15.6 Å². The fourth-order valence-electron chi connectivity index (χ4n) is 2.97. The highest BCUT2D eigenvalue weighted by Gasteiger charge is 2.25. The molecule has 1 aliphatic rings. The molecular weight excluding hydrogens is 405 g/mol. The van der Waals surface area contributed by atoms with Crippen LogP contribution in [0.15, 0.2) is 35.5 Å². The van der Waals surface area contributed by atoms with Crippen LogP contribution in [0.1, 0.15) is 24.3 Å². The number of aromatic nitrogens is 1. The van der Waals surface area contributed by atoms with E-state index in [1.807, 2.05) is 25.1 Å². The summed E-state index contributed by atoms with van der Waals surface area (Å²) in [6, 6.07) is 7.54. The van der Waals surface area contributed by atoms with Gasteiger partial charge in [-0.15, -0.1) is 11.3 Å². The maximum Gasteiger partial charge on any atom is 0.191 e.